The number of nitrogens with zero attached hydrogens (tertiary/aromatic N) is 2. The van der Waals surface area contributed by atoms with Crippen molar-refractivity contribution in [2.45, 2.75) is 26.4 Å². The maximum Gasteiger partial charge on any atom is 0.412 e. The molecule has 0 aromatic carbocycles. The van der Waals surface area contributed by atoms with Crippen molar-refractivity contribution < 1.29 is 9.53 Å². The number of ether oxygens (including phenoxy) is 1. The molecular weight excluding hydrogens is 156 g/mol. The Labute approximate surface area is 72.2 Å². The molecule has 0 aromatic rings. The van der Waals surface area contributed by atoms with E-state index in [4.69, 9.17) is 4.74 Å². The number of rotatable bonds is 0. The Bertz CT molecular complexity index is 198. The Morgan fingerprint density at radius 2 is 2.25 bits per heavy atom. The summed E-state index contributed by atoms with van der Waals surface area (Å²) in [5.74, 6) is 0. The van der Waals surface area contributed by atoms with Crippen LogP contribution in [0.3, 0.4) is 0 Å². The van der Waals surface area contributed by atoms with Crippen LogP contribution in [0.2, 0.25) is 0 Å². The Hall–Kier alpha value is -1.06. The lowest BCUT2D eigenvalue weighted by Gasteiger charge is -2.23. The number of amides is 1. The van der Waals surface area contributed by atoms with Crippen LogP contribution in [0, 0.1) is 0 Å². The molecule has 12 heavy (non-hydrogen) atoms. The van der Waals surface area contributed by atoms with Crippen LogP contribution in [0.25, 0.3) is 0 Å². The first kappa shape index (κ1) is 9.03. The highest BCUT2D eigenvalue weighted by Crippen LogP contribution is 2.10. The zero-order valence-electron chi connectivity index (χ0n) is 7.70. The standard InChI is InChI=1S/C8H14N2O2/c1-8(2,3)12-7(11)10-5-4-9-6-10/h4H,5-6H2,1-3H3. The summed E-state index contributed by atoms with van der Waals surface area (Å²) in [6, 6.07) is 0. The van der Waals surface area contributed by atoms with E-state index in [1.807, 2.05) is 20.8 Å². The molecule has 4 heteroatoms. The Morgan fingerprint density at radius 3 is 2.67 bits per heavy atom. The summed E-state index contributed by atoms with van der Waals surface area (Å²) in [7, 11) is 0. The van der Waals surface area contributed by atoms with Crippen molar-refractivity contribution in [1.29, 1.82) is 0 Å². The molecule has 1 aliphatic rings. The third kappa shape index (κ3) is 2.53. The van der Waals surface area contributed by atoms with Gasteiger partial charge in [-0.05, 0) is 20.8 Å². The van der Waals surface area contributed by atoms with E-state index in [2.05, 4.69) is 4.99 Å². The molecular formula is C8H14N2O2. The Morgan fingerprint density at radius 1 is 1.58 bits per heavy atom. The van der Waals surface area contributed by atoms with Crippen LogP contribution in [0.4, 0.5) is 4.79 Å². The van der Waals surface area contributed by atoms with Gasteiger partial charge in [0.15, 0.2) is 0 Å². The molecule has 0 fully saturated rings. The monoisotopic (exact) mass is 170 g/mol. The first-order valence-electron chi connectivity index (χ1n) is 3.95. The summed E-state index contributed by atoms with van der Waals surface area (Å²) < 4.78 is 5.13. The van der Waals surface area contributed by atoms with Crippen LogP contribution in [0.5, 0.6) is 0 Å². The van der Waals surface area contributed by atoms with Gasteiger partial charge in [0.1, 0.15) is 12.3 Å². The van der Waals surface area contributed by atoms with Gasteiger partial charge in [-0.2, -0.15) is 0 Å². The quantitative estimate of drug-likeness (QED) is 0.549. The number of hydrogen-bond acceptors (Lipinski definition) is 3. The molecule has 0 bridgehead atoms. The zero-order valence-corrected chi connectivity index (χ0v) is 7.70. The molecule has 0 saturated heterocycles. The van der Waals surface area contributed by atoms with Gasteiger partial charge in [0, 0.05) is 6.21 Å². The average molecular weight is 170 g/mol. The normalized spacial score (nSPS) is 16.8. The second-order valence-electron chi connectivity index (χ2n) is 3.71. The minimum atomic E-state index is -0.417. The van der Waals surface area contributed by atoms with Crippen molar-refractivity contribution in [3.8, 4) is 0 Å². The van der Waals surface area contributed by atoms with Crippen molar-refractivity contribution in [1.82, 2.24) is 4.90 Å². The largest absolute Gasteiger partial charge is 0.444 e. The molecule has 4 nitrogen and oxygen atoms in total. The lowest BCUT2D eigenvalue weighted by Crippen LogP contribution is -2.35. The average Bonchev–Trinajstić information content (AvgIpc) is 2.32. The van der Waals surface area contributed by atoms with E-state index < -0.39 is 5.60 Å². The molecule has 0 radical (unpaired) electrons. The highest BCUT2D eigenvalue weighted by molar-refractivity contribution is 5.75. The number of carbonyl (C=O) groups is 1. The van der Waals surface area contributed by atoms with Gasteiger partial charge in [-0.1, -0.05) is 0 Å². The minimum absolute atomic E-state index is 0.292. The molecule has 68 valence electrons. The molecule has 0 spiro atoms. The van der Waals surface area contributed by atoms with Crippen LogP contribution < -0.4 is 0 Å². The summed E-state index contributed by atoms with van der Waals surface area (Å²) >= 11 is 0. The van der Waals surface area contributed by atoms with Gasteiger partial charge in [-0.15, -0.1) is 0 Å². The van der Waals surface area contributed by atoms with Gasteiger partial charge in [0.2, 0.25) is 0 Å². The van der Waals surface area contributed by atoms with Crippen LogP contribution in [0.1, 0.15) is 20.8 Å². The van der Waals surface area contributed by atoms with Crippen molar-refractivity contribution in [2.75, 3.05) is 13.2 Å². The fourth-order valence-electron chi connectivity index (χ4n) is 0.829. The minimum Gasteiger partial charge on any atom is -0.444 e. The van der Waals surface area contributed by atoms with Gasteiger partial charge < -0.3 is 4.74 Å². The first-order valence-corrected chi connectivity index (χ1v) is 3.95. The van der Waals surface area contributed by atoms with E-state index in [-0.39, 0.29) is 6.09 Å². The predicted octanol–water partition coefficient (Wildman–Crippen LogP) is 1.27. The summed E-state index contributed by atoms with van der Waals surface area (Å²) in [4.78, 5) is 16.7. The molecule has 1 heterocycles. The van der Waals surface area contributed by atoms with Gasteiger partial charge in [-0.25, -0.2) is 4.79 Å². The lowest BCUT2D eigenvalue weighted by atomic mass is 10.2. The maximum atomic E-state index is 11.3. The number of hydrogen-bond donors (Lipinski definition) is 0. The van der Waals surface area contributed by atoms with Crippen molar-refractivity contribution >= 4 is 12.3 Å². The van der Waals surface area contributed by atoms with Crippen molar-refractivity contribution in [3.63, 3.8) is 0 Å². The molecule has 1 rings (SSSR count). The molecule has 1 aliphatic heterocycles. The Balaban J connectivity index is 2.39. The first-order chi connectivity index (χ1) is 5.49. The van der Waals surface area contributed by atoms with Gasteiger partial charge >= 0.3 is 6.09 Å². The predicted molar refractivity (Wildman–Crippen MR) is 46.3 cm³/mol. The molecule has 0 saturated carbocycles. The fourth-order valence-corrected chi connectivity index (χ4v) is 0.829. The summed E-state index contributed by atoms with van der Waals surface area (Å²) in [6.45, 7) is 6.54. The smallest absolute Gasteiger partial charge is 0.412 e. The highest BCUT2D eigenvalue weighted by Gasteiger charge is 2.22. The van der Waals surface area contributed by atoms with Crippen molar-refractivity contribution in [3.05, 3.63) is 0 Å². The fraction of sp³-hybridized carbons (Fsp3) is 0.750. The topological polar surface area (TPSA) is 41.9 Å². The summed E-state index contributed by atoms with van der Waals surface area (Å²) in [5, 5.41) is 0. The third-order valence-electron chi connectivity index (χ3n) is 1.34. The van der Waals surface area contributed by atoms with Crippen molar-refractivity contribution in [2.24, 2.45) is 4.99 Å². The lowest BCUT2D eigenvalue weighted by molar-refractivity contribution is 0.0299. The van der Waals surface area contributed by atoms with Gasteiger partial charge in [0.05, 0.1) is 6.54 Å². The number of aliphatic imine (C=N–C) groups is 1. The van der Waals surface area contributed by atoms with E-state index in [0.29, 0.717) is 13.2 Å². The SMILES string of the molecule is CC(C)(C)OC(=O)N1CC=NC1. The summed E-state index contributed by atoms with van der Waals surface area (Å²) in [6.07, 6.45) is 1.42. The number of carbonyl (C=O) groups excluding carboxylic acids is 1. The second-order valence-corrected chi connectivity index (χ2v) is 3.71. The molecule has 0 N–H and O–H groups in total. The molecule has 0 unspecified atom stereocenters. The van der Waals surface area contributed by atoms with Gasteiger partial charge in [-0.3, -0.25) is 9.89 Å². The van der Waals surface area contributed by atoms with Crippen LogP contribution in [0.15, 0.2) is 4.99 Å². The second kappa shape index (κ2) is 3.13. The molecule has 0 atom stereocenters. The highest BCUT2D eigenvalue weighted by atomic mass is 16.6. The van der Waals surface area contributed by atoms with Crippen LogP contribution in [-0.4, -0.2) is 36.0 Å². The van der Waals surface area contributed by atoms with Gasteiger partial charge in [0.25, 0.3) is 0 Å². The molecule has 0 aliphatic carbocycles. The Kier molecular flexibility index (Phi) is 2.35. The zero-order chi connectivity index (χ0) is 9.19. The van der Waals surface area contributed by atoms with E-state index in [9.17, 15) is 4.79 Å². The molecule has 1 amide bonds. The van der Waals surface area contributed by atoms with Crippen LogP contribution >= 0.6 is 0 Å². The van der Waals surface area contributed by atoms with E-state index in [1.165, 1.54) is 0 Å². The third-order valence-corrected chi connectivity index (χ3v) is 1.34. The van der Waals surface area contributed by atoms with E-state index >= 15 is 0 Å². The summed E-state index contributed by atoms with van der Waals surface area (Å²) in [5.41, 5.74) is -0.417. The maximum absolute atomic E-state index is 11.3. The van der Waals surface area contributed by atoms with E-state index in [0.717, 1.165) is 0 Å². The van der Waals surface area contributed by atoms with E-state index in [1.54, 1.807) is 11.1 Å². The molecule has 0 aromatic heterocycles. The van der Waals surface area contributed by atoms with Crippen LogP contribution in [-0.2, 0) is 4.74 Å².